The molecule has 3 heterocycles. The first kappa shape index (κ1) is 18.6. The zero-order valence-electron chi connectivity index (χ0n) is 15.9. The standard InChI is InChI=1S/C20H24FN5O2/c1-24-10-12-25(13-11-24)20(28)17-16-8-4-5-9-26(16)18(23-17)19(27)22-15-7-3-2-6-14(15)21/h2-3,6-7H,4-5,8-13H2,1H3,(H,22,27). The highest BCUT2D eigenvalue weighted by Crippen LogP contribution is 2.24. The van der Waals surface area contributed by atoms with Crippen LogP contribution in [-0.4, -0.2) is 64.4 Å². The summed E-state index contributed by atoms with van der Waals surface area (Å²) in [6.07, 6.45) is 2.60. The summed E-state index contributed by atoms with van der Waals surface area (Å²) in [6.45, 7) is 3.58. The van der Waals surface area contributed by atoms with Gasteiger partial charge in [0.05, 0.1) is 11.4 Å². The van der Waals surface area contributed by atoms with Gasteiger partial charge in [-0.15, -0.1) is 0 Å². The molecule has 2 aromatic rings. The highest BCUT2D eigenvalue weighted by Gasteiger charge is 2.31. The van der Waals surface area contributed by atoms with E-state index in [0.29, 0.717) is 25.3 Å². The van der Waals surface area contributed by atoms with Crippen molar-refractivity contribution >= 4 is 17.5 Å². The zero-order valence-corrected chi connectivity index (χ0v) is 15.9. The maximum absolute atomic E-state index is 13.9. The van der Waals surface area contributed by atoms with Crippen molar-refractivity contribution in [3.05, 3.63) is 47.3 Å². The Morgan fingerprint density at radius 1 is 1.07 bits per heavy atom. The number of amides is 2. The minimum Gasteiger partial charge on any atom is -0.335 e. The minimum atomic E-state index is -0.505. The Morgan fingerprint density at radius 2 is 1.82 bits per heavy atom. The van der Waals surface area contributed by atoms with E-state index >= 15 is 0 Å². The maximum Gasteiger partial charge on any atom is 0.291 e. The quantitative estimate of drug-likeness (QED) is 0.877. The number of hydrogen-bond donors (Lipinski definition) is 1. The van der Waals surface area contributed by atoms with Crippen LogP contribution in [0.2, 0.25) is 0 Å². The number of nitrogens with zero attached hydrogens (tertiary/aromatic N) is 4. The number of benzene rings is 1. The third kappa shape index (κ3) is 3.52. The Morgan fingerprint density at radius 3 is 2.57 bits per heavy atom. The summed E-state index contributed by atoms with van der Waals surface area (Å²) >= 11 is 0. The molecule has 1 aromatic heterocycles. The van der Waals surface area contributed by atoms with Crippen LogP contribution in [0.1, 0.15) is 39.6 Å². The van der Waals surface area contributed by atoms with Crippen LogP contribution in [-0.2, 0) is 13.0 Å². The van der Waals surface area contributed by atoms with Gasteiger partial charge in [-0.05, 0) is 38.4 Å². The summed E-state index contributed by atoms with van der Waals surface area (Å²) < 4.78 is 15.7. The number of imidazole rings is 1. The molecular weight excluding hydrogens is 361 g/mol. The van der Waals surface area contributed by atoms with Gasteiger partial charge in [-0.1, -0.05) is 12.1 Å². The van der Waals surface area contributed by atoms with Crippen molar-refractivity contribution in [3.63, 3.8) is 0 Å². The molecule has 148 valence electrons. The minimum absolute atomic E-state index is 0.104. The fourth-order valence-electron chi connectivity index (χ4n) is 3.79. The predicted molar refractivity (Wildman–Crippen MR) is 103 cm³/mol. The number of para-hydroxylation sites is 1. The normalized spacial score (nSPS) is 17.3. The van der Waals surface area contributed by atoms with Gasteiger partial charge in [0.2, 0.25) is 0 Å². The van der Waals surface area contributed by atoms with Crippen molar-refractivity contribution in [1.82, 2.24) is 19.4 Å². The molecule has 8 heteroatoms. The molecule has 0 atom stereocenters. The second-order valence-corrected chi connectivity index (χ2v) is 7.37. The summed E-state index contributed by atoms with van der Waals surface area (Å²) in [5.41, 5.74) is 1.28. The lowest BCUT2D eigenvalue weighted by Crippen LogP contribution is -2.47. The number of halogens is 1. The van der Waals surface area contributed by atoms with E-state index in [4.69, 9.17) is 0 Å². The molecule has 2 amide bonds. The van der Waals surface area contributed by atoms with Crippen LogP contribution in [0.4, 0.5) is 10.1 Å². The molecule has 0 bridgehead atoms. The van der Waals surface area contributed by atoms with Gasteiger partial charge in [0.1, 0.15) is 11.5 Å². The molecule has 0 unspecified atom stereocenters. The van der Waals surface area contributed by atoms with Crippen molar-refractivity contribution in [1.29, 1.82) is 0 Å². The lowest BCUT2D eigenvalue weighted by Gasteiger charge is -2.32. The van der Waals surface area contributed by atoms with Gasteiger partial charge in [-0.3, -0.25) is 9.59 Å². The SMILES string of the molecule is CN1CCN(C(=O)c2nc(C(=O)Nc3ccccc3F)n3c2CCCC3)CC1. The van der Waals surface area contributed by atoms with Gasteiger partial charge < -0.3 is 19.7 Å². The number of likely N-dealkylation sites (N-methyl/N-ethyl adjacent to an activating group) is 1. The van der Waals surface area contributed by atoms with E-state index in [-0.39, 0.29) is 17.4 Å². The summed E-state index contributed by atoms with van der Waals surface area (Å²) in [5.74, 6) is -0.945. The molecule has 2 aliphatic heterocycles. The van der Waals surface area contributed by atoms with Crippen molar-refractivity contribution in [2.45, 2.75) is 25.8 Å². The largest absolute Gasteiger partial charge is 0.335 e. The zero-order chi connectivity index (χ0) is 19.7. The second kappa shape index (κ2) is 7.71. The Hall–Kier alpha value is -2.74. The monoisotopic (exact) mass is 385 g/mol. The van der Waals surface area contributed by atoms with Crippen molar-refractivity contribution < 1.29 is 14.0 Å². The molecule has 2 aliphatic rings. The third-order valence-corrected chi connectivity index (χ3v) is 5.44. The summed E-state index contributed by atoms with van der Waals surface area (Å²) in [4.78, 5) is 34.3. The summed E-state index contributed by atoms with van der Waals surface area (Å²) in [6, 6.07) is 6.01. The average molecular weight is 385 g/mol. The topological polar surface area (TPSA) is 70.5 Å². The van der Waals surface area contributed by atoms with Crippen LogP contribution >= 0.6 is 0 Å². The van der Waals surface area contributed by atoms with E-state index in [1.54, 1.807) is 17.0 Å². The molecule has 1 fully saturated rings. The van der Waals surface area contributed by atoms with Gasteiger partial charge in [-0.2, -0.15) is 0 Å². The van der Waals surface area contributed by atoms with E-state index in [0.717, 1.165) is 38.0 Å². The van der Waals surface area contributed by atoms with Gasteiger partial charge in [0, 0.05) is 32.7 Å². The Kier molecular flexibility index (Phi) is 5.13. The van der Waals surface area contributed by atoms with E-state index in [2.05, 4.69) is 15.2 Å². The lowest BCUT2D eigenvalue weighted by molar-refractivity contribution is 0.0657. The number of aromatic nitrogens is 2. The molecule has 4 rings (SSSR count). The van der Waals surface area contributed by atoms with Crippen LogP contribution in [0.15, 0.2) is 24.3 Å². The molecule has 28 heavy (non-hydrogen) atoms. The van der Waals surface area contributed by atoms with E-state index in [9.17, 15) is 14.0 Å². The number of rotatable bonds is 3. The first-order valence-corrected chi connectivity index (χ1v) is 9.67. The smallest absolute Gasteiger partial charge is 0.291 e. The van der Waals surface area contributed by atoms with Crippen molar-refractivity contribution in [2.24, 2.45) is 0 Å². The fourth-order valence-corrected chi connectivity index (χ4v) is 3.79. The number of anilines is 1. The van der Waals surface area contributed by atoms with Gasteiger partial charge in [0.25, 0.3) is 11.8 Å². The van der Waals surface area contributed by atoms with Crippen LogP contribution < -0.4 is 5.32 Å². The van der Waals surface area contributed by atoms with E-state index in [1.165, 1.54) is 12.1 Å². The molecular formula is C20H24FN5O2. The third-order valence-electron chi connectivity index (χ3n) is 5.44. The average Bonchev–Trinajstić information content (AvgIpc) is 3.10. The Balaban J connectivity index is 1.62. The molecule has 1 saturated heterocycles. The summed E-state index contributed by atoms with van der Waals surface area (Å²) in [7, 11) is 2.03. The fraction of sp³-hybridized carbons (Fsp3) is 0.450. The molecule has 7 nitrogen and oxygen atoms in total. The van der Waals surface area contributed by atoms with Crippen molar-refractivity contribution in [3.8, 4) is 0 Å². The van der Waals surface area contributed by atoms with Crippen LogP contribution in [0.3, 0.4) is 0 Å². The molecule has 1 aromatic carbocycles. The molecule has 0 saturated carbocycles. The number of nitrogens with one attached hydrogen (secondary N) is 1. The number of carbonyl (C=O) groups excluding carboxylic acids is 2. The van der Waals surface area contributed by atoms with Crippen LogP contribution in [0.5, 0.6) is 0 Å². The van der Waals surface area contributed by atoms with Gasteiger partial charge >= 0.3 is 0 Å². The van der Waals surface area contributed by atoms with Crippen molar-refractivity contribution in [2.75, 3.05) is 38.5 Å². The maximum atomic E-state index is 13.9. The molecule has 0 aliphatic carbocycles. The van der Waals surface area contributed by atoms with E-state index in [1.807, 2.05) is 11.6 Å². The van der Waals surface area contributed by atoms with Crippen LogP contribution in [0.25, 0.3) is 0 Å². The Labute approximate surface area is 163 Å². The molecule has 1 N–H and O–H groups in total. The Bertz CT molecular complexity index is 902. The second-order valence-electron chi connectivity index (χ2n) is 7.37. The molecule has 0 spiro atoms. The predicted octanol–water partition coefficient (Wildman–Crippen LogP) is 2.00. The first-order valence-electron chi connectivity index (χ1n) is 9.67. The highest BCUT2D eigenvalue weighted by atomic mass is 19.1. The van der Waals surface area contributed by atoms with Gasteiger partial charge in [-0.25, -0.2) is 9.37 Å². The summed E-state index contributed by atoms with van der Waals surface area (Å²) in [5, 5.41) is 2.59. The number of hydrogen-bond acceptors (Lipinski definition) is 4. The number of fused-ring (bicyclic) bond motifs is 1. The number of piperazine rings is 1. The number of carbonyl (C=O) groups is 2. The highest BCUT2D eigenvalue weighted by molar-refractivity contribution is 6.03. The van der Waals surface area contributed by atoms with Gasteiger partial charge in [0.15, 0.2) is 5.82 Å². The van der Waals surface area contributed by atoms with E-state index < -0.39 is 11.7 Å². The first-order chi connectivity index (χ1) is 13.5. The lowest BCUT2D eigenvalue weighted by atomic mass is 10.1. The van der Waals surface area contributed by atoms with Crippen LogP contribution in [0, 0.1) is 5.82 Å². The molecule has 0 radical (unpaired) electrons.